The third-order valence-corrected chi connectivity index (χ3v) is 4.98. The molecule has 7 nitrogen and oxygen atoms in total. The van der Waals surface area contributed by atoms with Crippen molar-refractivity contribution in [1.82, 2.24) is 9.71 Å². The Kier molecular flexibility index (Phi) is 4.37. The van der Waals surface area contributed by atoms with Crippen molar-refractivity contribution >= 4 is 20.0 Å². The molecule has 1 heterocycles. The zero-order chi connectivity index (χ0) is 15.5. The van der Waals surface area contributed by atoms with Crippen LogP contribution in [0.2, 0.25) is 0 Å². The van der Waals surface area contributed by atoms with Crippen LogP contribution in [0.1, 0.15) is 5.69 Å². The summed E-state index contributed by atoms with van der Waals surface area (Å²) in [6.07, 6.45) is 1.56. The molecule has 0 bridgehead atoms. The summed E-state index contributed by atoms with van der Waals surface area (Å²) in [5.74, 6) is 0. The van der Waals surface area contributed by atoms with E-state index in [0.717, 1.165) is 12.1 Å². The molecule has 0 aliphatic carbocycles. The van der Waals surface area contributed by atoms with Gasteiger partial charge in [-0.15, -0.1) is 0 Å². The maximum atomic E-state index is 12.0. The van der Waals surface area contributed by atoms with Gasteiger partial charge in [-0.25, -0.2) is 26.7 Å². The van der Waals surface area contributed by atoms with Crippen molar-refractivity contribution in [3.8, 4) is 0 Å². The molecule has 112 valence electrons. The smallest absolute Gasteiger partial charge is 0.240 e. The Labute approximate surface area is 122 Å². The van der Waals surface area contributed by atoms with Gasteiger partial charge in [-0.05, 0) is 36.4 Å². The third kappa shape index (κ3) is 4.08. The number of aromatic nitrogens is 1. The quantitative estimate of drug-likeness (QED) is 0.813. The molecular formula is C12H13N3O4S2. The highest BCUT2D eigenvalue weighted by atomic mass is 32.2. The summed E-state index contributed by atoms with van der Waals surface area (Å²) in [4.78, 5) is 3.80. The van der Waals surface area contributed by atoms with Crippen molar-refractivity contribution in [3.63, 3.8) is 0 Å². The van der Waals surface area contributed by atoms with E-state index in [1.165, 1.54) is 12.1 Å². The van der Waals surface area contributed by atoms with Crippen molar-refractivity contribution in [2.75, 3.05) is 0 Å². The predicted molar refractivity (Wildman–Crippen MR) is 76.1 cm³/mol. The summed E-state index contributed by atoms with van der Waals surface area (Å²) < 4.78 is 48.7. The third-order valence-electron chi connectivity index (χ3n) is 2.63. The molecule has 0 spiro atoms. The first-order chi connectivity index (χ1) is 9.79. The van der Waals surface area contributed by atoms with Crippen LogP contribution in [0.4, 0.5) is 0 Å². The number of rotatable bonds is 5. The van der Waals surface area contributed by atoms with Crippen LogP contribution >= 0.6 is 0 Å². The van der Waals surface area contributed by atoms with Gasteiger partial charge in [-0.2, -0.15) is 0 Å². The zero-order valence-electron chi connectivity index (χ0n) is 10.8. The topological polar surface area (TPSA) is 119 Å². The fourth-order valence-electron chi connectivity index (χ4n) is 1.56. The summed E-state index contributed by atoms with van der Waals surface area (Å²) in [6.45, 7) is 0.0418. The van der Waals surface area contributed by atoms with Gasteiger partial charge < -0.3 is 0 Å². The summed E-state index contributed by atoms with van der Waals surface area (Å²) >= 11 is 0. The van der Waals surface area contributed by atoms with E-state index in [1.807, 2.05) is 0 Å². The fourth-order valence-corrected chi connectivity index (χ4v) is 3.08. The Hall–Kier alpha value is -1.81. The highest BCUT2D eigenvalue weighted by Crippen LogP contribution is 2.13. The van der Waals surface area contributed by atoms with E-state index in [-0.39, 0.29) is 16.3 Å². The number of pyridine rings is 1. The van der Waals surface area contributed by atoms with Gasteiger partial charge in [-0.1, -0.05) is 6.07 Å². The lowest BCUT2D eigenvalue weighted by Crippen LogP contribution is -2.23. The Bertz CT molecular complexity index is 817. The summed E-state index contributed by atoms with van der Waals surface area (Å²) in [7, 11) is -7.59. The van der Waals surface area contributed by atoms with Gasteiger partial charge in [0.2, 0.25) is 20.0 Å². The van der Waals surface area contributed by atoms with E-state index < -0.39 is 20.0 Å². The lowest BCUT2D eigenvalue weighted by Gasteiger charge is -2.07. The lowest BCUT2D eigenvalue weighted by atomic mass is 10.4. The molecule has 0 unspecified atom stereocenters. The van der Waals surface area contributed by atoms with Crippen molar-refractivity contribution in [1.29, 1.82) is 0 Å². The molecule has 0 aliphatic rings. The minimum Gasteiger partial charge on any atom is -0.260 e. The van der Waals surface area contributed by atoms with Gasteiger partial charge in [0.1, 0.15) is 0 Å². The van der Waals surface area contributed by atoms with E-state index in [1.54, 1.807) is 24.4 Å². The second-order valence-electron chi connectivity index (χ2n) is 4.16. The summed E-state index contributed by atoms with van der Waals surface area (Å²) in [5.41, 5.74) is 0.572. The van der Waals surface area contributed by atoms with Crippen molar-refractivity contribution in [2.24, 2.45) is 5.14 Å². The molecule has 2 aromatic rings. The Morgan fingerprint density at radius 2 is 1.57 bits per heavy atom. The number of benzene rings is 1. The molecule has 0 atom stereocenters. The van der Waals surface area contributed by atoms with Crippen LogP contribution in [0.5, 0.6) is 0 Å². The molecule has 0 saturated heterocycles. The maximum absolute atomic E-state index is 12.0. The van der Waals surface area contributed by atoms with Gasteiger partial charge in [0.15, 0.2) is 0 Å². The number of nitrogens with zero attached hydrogens (tertiary/aromatic N) is 1. The highest BCUT2D eigenvalue weighted by Gasteiger charge is 2.15. The monoisotopic (exact) mass is 327 g/mol. The summed E-state index contributed by atoms with van der Waals surface area (Å²) in [6, 6.07) is 9.81. The predicted octanol–water partition coefficient (Wildman–Crippen LogP) is 0.207. The first-order valence-electron chi connectivity index (χ1n) is 5.81. The first-order valence-corrected chi connectivity index (χ1v) is 8.84. The van der Waals surface area contributed by atoms with E-state index in [4.69, 9.17) is 5.14 Å². The molecule has 0 aliphatic heterocycles. The van der Waals surface area contributed by atoms with E-state index in [0.29, 0.717) is 5.69 Å². The van der Waals surface area contributed by atoms with E-state index >= 15 is 0 Å². The normalized spacial score (nSPS) is 12.2. The molecule has 2 rings (SSSR count). The minimum absolute atomic E-state index is 0.0418. The average molecular weight is 327 g/mol. The SMILES string of the molecule is NS(=O)(=O)c1ccc(S(=O)(=O)NCc2ccccn2)cc1. The van der Waals surface area contributed by atoms with Crippen molar-refractivity contribution in [2.45, 2.75) is 16.3 Å². The molecule has 1 aromatic carbocycles. The van der Waals surface area contributed by atoms with Gasteiger partial charge in [-0.3, -0.25) is 4.98 Å². The molecule has 1 aromatic heterocycles. The lowest BCUT2D eigenvalue weighted by molar-refractivity contribution is 0.579. The van der Waals surface area contributed by atoms with Crippen LogP contribution in [0.15, 0.2) is 58.5 Å². The Balaban J connectivity index is 2.16. The van der Waals surface area contributed by atoms with Gasteiger partial charge in [0.25, 0.3) is 0 Å². The van der Waals surface area contributed by atoms with Crippen LogP contribution in [-0.2, 0) is 26.6 Å². The molecule has 0 fully saturated rings. The molecule has 3 N–H and O–H groups in total. The Morgan fingerprint density at radius 1 is 0.952 bits per heavy atom. The number of nitrogens with two attached hydrogens (primary N) is 1. The summed E-state index contributed by atoms with van der Waals surface area (Å²) in [5, 5.41) is 4.95. The van der Waals surface area contributed by atoms with E-state index in [9.17, 15) is 16.8 Å². The Morgan fingerprint density at radius 3 is 2.10 bits per heavy atom. The standard InChI is InChI=1S/C12H13N3O4S2/c13-20(16,17)11-4-6-12(7-5-11)21(18,19)15-9-10-3-1-2-8-14-10/h1-8,15H,9H2,(H2,13,16,17). The molecular weight excluding hydrogens is 314 g/mol. The van der Waals surface area contributed by atoms with Crippen LogP contribution in [-0.4, -0.2) is 21.8 Å². The largest absolute Gasteiger partial charge is 0.260 e. The van der Waals surface area contributed by atoms with Crippen LogP contribution in [0.3, 0.4) is 0 Å². The number of hydrogen-bond donors (Lipinski definition) is 2. The van der Waals surface area contributed by atoms with Crippen molar-refractivity contribution < 1.29 is 16.8 Å². The zero-order valence-corrected chi connectivity index (χ0v) is 12.4. The fraction of sp³-hybridized carbons (Fsp3) is 0.0833. The van der Waals surface area contributed by atoms with Gasteiger partial charge >= 0.3 is 0 Å². The first kappa shape index (κ1) is 15.6. The minimum atomic E-state index is -3.85. The molecule has 9 heteroatoms. The number of hydrogen-bond acceptors (Lipinski definition) is 5. The van der Waals surface area contributed by atoms with Crippen LogP contribution < -0.4 is 9.86 Å². The second kappa shape index (κ2) is 5.90. The van der Waals surface area contributed by atoms with Crippen LogP contribution in [0, 0.1) is 0 Å². The molecule has 21 heavy (non-hydrogen) atoms. The van der Waals surface area contributed by atoms with Gasteiger partial charge in [0, 0.05) is 6.20 Å². The van der Waals surface area contributed by atoms with Crippen molar-refractivity contribution in [3.05, 3.63) is 54.4 Å². The van der Waals surface area contributed by atoms with Gasteiger partial charge in [0.05, 0.1) is 22.0 Å². The van der Waals surface area contributed by atoms with Crippen LogP contribution in [0.25, 0.3) is 0 Å². The number of sulfonamides is 2. The molecule has 0 amide bonds. The maximum Gasteiger partial charge on any atom is 0.240 e. The number of nitrogens with one attached hydrogen (secondary N) is 1. The average Bonchev–Trinajstić information content (AvgIpc) is 2.46. The molecule has 0 saturated carbocycles. The number of primary sulfonamides is 1. The highest BCUT2D eigenvalue weighted by molar-refractivity contribution is 7.89. The van der Waals surface area contributed by atoms with E-state index in [2.05, 4.69) is 9.71 Å². The molecule has 0 radical (unpaired) electrons. The second-order valence-corrected chi connectivity index (χ2v) is 7.49.